The van der Waals surface area contributed by atoms with E-state index >= 15 is 0 Å². The first-order valence-electron chi connectivity index (χ1n) is 10.9. The van der Waals surface area contributed by atoms with Crippen molar-refractivity contribution in [1.82, 2.24) is 5.32 Å². The molecule has 1 atom stereocenters. The van der Waals surface area contributed by atoms with Crippen LogP contribution >= 0.6 is 0 Å². The molecule has 0 radical (unpaired) electrons. The van der Waals surface area contributed by atoms with Crippen molar-refractivity contribution in [2.24, 2.45) is 0 Å². The van der Waals surface area contributed by atoms with Crippen LogP contribution in [0.15, 0.2) is 48.5 Å². The minimum absolute atomic E-state index is 0.00498. The molecule has 2 heterocycles. The maximum absolute atomic E-state index is 12.9. The van der Waals surface area contributed by atoms with Crippen LogP contribution in [0.5, 0.6) is 5.75 Å². The van der Waals surface area contributed by atoms with E-state index in [0.717, 1.165) is 44.1 Å². The summed E-state index contributed by atoms with van der Waals surface area (Å²) in [5.41, 5.74) is 3.02. The molecular weight excluding hydrogens is 394 g/mol. The fraction of sp³-hybridized carbons (Fsp3) is 0.417. The molecule has 31 heavy (non-hydrogen) atoms. The van der Waals surface area contributed by atoms with Crippen LogP contribution in [0, 0.1) is 6.92 Å². The number of hydrogen-bond acceptors (Lipinski definition) is 4. The summed E-state index contributed by atoms with van der Waals surface area (Å²) in [7, 11) is 0. The second kappa shape index (κ2) is 9.94. The van der Waals surface area contributed by atoms with Gasteiger partial charge in [-0.05, 0) is 24.6 Å². The summed E-state index contributed by atoms with van der Waals surface area (Å²) in [6, 6.07) is 15.7. The van der Waals surface area contributed by atoms with E-state index in [0.29, 0.717) is 12.3 Å². The van der Waals surface area contributed by atoms with Crippen LogP contribution in [0.1, 0.15) is 23.6 Å². The van der Waals surface area contributed by atoms with Crippen LogP contribution < -0.4 is 19.9 Å². The Morgan fingerprint density at radius 3 is 2.65 bits per heavy atom. The molecule has 1 saturated heterocycles. The molecule has 0 unspecified atom stereocenters. The Morgan fingerprint density at radius 1 is 1.13 bits per heavy atom. The van der Waals surface area contributed by atoms with Crippen molar-refractivity contribution < 1.29 is 24.0 Å². The number of hydrogen-bond donors (Lipinski definition) is 2. The monoisotopic (exact) mass is 424 g/mol. The van der Waals surface area contributed by atoms with Gasteiger partial charge in [-0.15, -0.1) is 0 Å². The Kier molecular flexibility index (Phi) is 6.84. The van der Waals surface area contributed by atoms with Crippen LogP contribution in [0.4, 0.5) is 5.69 Å². The van der Waals surface area contributed by atoms with E-state index in [1.165, 1.54) is 10.5 Å². The van der Waals surface area contributed by atoms with Crippen LogP contribution in [0.2, 0.25) is 0 Å². The molecule has 0 aromatic heterocycles. The van der Waals surface area contributed by atoms with Gasteiger partial charge in [-0.25, -0.2) is 0 Å². The van der Waals surface area contributed by atoms with Crippen molar-refractivity contribution in [2.45, 2.75) is 19.4 Å². The first-order valence-corrected chi connectivity index (χ1v) is 10.9. The van der Waals surface area contributed by atoms with Crippen molar-refractivity contribution in [1.29, 1.82) is 0 Å². The first-order chi connectivity index (χ1) is 15.1. The molecule has 2 aromatic rings. The molecule has 0 aliphatic carbocycles. The van der Waals surface area contributed by atoms with E-state index in [1.807, 2.05) is 24.3 Å². The Bertz CT molecular complexity index is 909. The number of benzene rings is 2. The number of carbonyl (C=O) groups excluding carboxylic acids is 2. The molecule has 4 rings (SSSR count). The summed E-state index contributed by atoms with van der Waals surface area (Å²) >= 11 is 0. The standard InChI is InChI=1S/C24H29N3O4/c1-18-6-8-19(9-7-18)20(16-26-12-14-30-15-13-26)25-23(28)10-11-27-21-4-2-3-5-22(21)31-17-24(27)29/h2-9,20H,10-17H2,1H3,(H,25,28)/p+1/t20-/m0/s1. The molecule has 7 nitrogen and oxygen atoms in total. The Hall–Kier alpha value is -2.90. The quantitative estimate of drug-likeness (QED) is 0.692. The van der Waals surface area contributed by atoms with Gasteiger partial charge in [0.1, 0.15) is 31.4 Å². The van der Waals surface area contributed by atoms with Gasteiger partial charge >= 0.3 is 0 Å². The molecule has 2 aliphatic heterocycles. The smallest absolute Gasteiger partial charge is 0.265 e. The molecule has 164 valence electrons. The number of anilines is 1. The average Bonchev–Trinajstić information content (AvgIpc) is 2.79. The van der Waals surface area contributed by atoms with Gasteiger partial charge in [-0.1, -0.05) is 42.0 Å². The zero-order valence-corrected chi connectivity index (χ0v) is 17.9. The zero-order valence-electron chi connectivity index (χ0n) is 17.9. The van der Waals surface area contributed by atoms with Gasteiger partial charge in [0.15, 0.2) is 6.61 Å². The Morgan fingerprint density at radius 2 is 1.87 bits per heavy atom. The summed E-state index contributed by atoms with van der Waals surface area (Å²) < 4.78 is 11.0. The number of rotatable bonds is 7. The second-order valence-electron chi connectivity index (χ2n) is 8.15. The number of fused-ring (bicyclic) bond motifs is 1. The number of carbonyl (C=O) groups is 2. The van der Waals surface area contributed by atoms with Crippen LogP contribution in [-0.2, 0) is 14.3 Å². The molecule has 1 fully saturated rings. The molecule has 2 aromatic carbocycles. The Labute approximate surface area is 182 Å². The van der Waals surface area contributed by atoms with Crippen LogP contribution in [-0.4, -0.2) is 57.8 Å². The Balaban J connectivity index is 1.41. The van der Waals surface area contributed by atoms with Crippen molar-refractivity contribution >= 4 is 17.5 Å². The molecule has 0 spiro atoms. The van der Waals surface area contributed by atoms with Crippen LogP contribution in [0.25, 0.3) is 0 Å². The van der Waals surface area contributed by atoms with Gasteiger partial charge in [-0.3, -0.25) is 9.59 Å². The lowest BCUT2D eigenvalue weighted by molar-refractivity contribution is -0.909. The van der Waals surface area contributed by atoms with E-state index in [2.05, 4.69) is 36.5 Å². The molecule has 0 bridgehead atoms. The van der Waals surface area contributed by atoms with E-state index in [4.69, 9.17) is 9.47 Å². The van der Waals surface area contributed by atoms with Crippen LogP contribution in [0.3, 0.4) is 0 Å². The summed E-state index contributed by atoms with van der Waals surface area (Å²) in [6.07, 6.45) is 0.237. The van der Waals surface area contributed by atoms with Crippen molar-refractivity contribution in [3.8, 4) is 5.75 Å². The number of quaternary nitrogens is 1. The predicted molar refractivity (Wildman–Crippen MR) is 117 cm³/mol. The third-order valence-corrected chi connectivity index (χ3v) is 5.88. The number of nitrogens with one attached hydrogen (secondary N) is 2. The fourth-order valence-corrected chi connectivity index (χ4v) is 4.08. The fourth-order valence-electron chi connectivity index (χ4n) is 4.08. The highest BCUT2D eigenvalue weighted by Crippen LogP contribution is 2.31. The normalized spacial score (nSPS) is 17.6. The zero-order chi connectivity index (χ0) is 21.6. The van der Waals surface area contributed by atoms with Crippen molar-refractivity contribution in [3.05, 3.63) is 59.7 Å². The molecule has 2 amide bonds. The van der Waals surface area contributed by atoms with Gasteiger partial charge < -0.3 is 24.6 Å². The third kappa shape index (κ3) is 5.42. The number of nitrogens with zero attached hydrogens (tertiary/aromatic N) is 1. The number of morpholine rings is 1. The van der Waals surface area contributed by atoms with Gasteiger partial charge in [0, 0.05) is 13.0 Å². The van der Waals surface area contributed by atoms with Crippen molar-refractivity contribution in [2.75, 3.05) is 50.9 Å². The number of para-hydroxylation sites is 2. The van der Waals surface area contributed by atoms with E-state index in [-0.39, 0.29) is 30.9 Å². The van der Waals surface area contributed by atoms with Gasteiger partial charge in [-0.2, -0.15) is 0 Å². The van der Waals surface area contributed by atoms with E-state index in [1.54, 1.807) is 4.90 Å². The van der Waals surface area contributed by atoms with Gasteiger partial charge in [0.2, 0.25) is 5.91 Å². The molecule has 2 N–H and O–H groups in total. The molecule has 2 aliphatic rings. The highest BCUT2D eigenvalue weighted by Gasteiger charge is 2.27. The largest absolute Gasteiger partial charge is 0.482 e. The first kappa shape index (κ1) is 21.3. The minimum Gasteiger partial charge on any atom is -0.482 e. The predicted octanol–water partition coefficient (Wildman–Crippen LogP) is 0.883. The highest BCUT2D eigenvalue weighted by atomic mass is 16.5. The van der Waals surface area contributed by atoms with E-state index in [9.17, 15) is 9.59 Å². The number of ether oxygens (including phenoxy) is 2. The SMILES string of the molecule is Cc1ccc([C@H](C[NH+]2CCOCC2)NC(=O)CCN2C(=O)COc3ccccc32)cc1. The molecule has 0 saturated carbocycles. The lowest BCUT2D eigenvalue weighted by atomic mass is 10.0. The summed E-state index contributed by atoms with van der Waals surface area (Å²) in [5.74, 6) is 0.491. The molecule has 7 heteroatoms. The van der Waals surface area contributed by atoms with Crippen molar-refractivity contribution in [3.63, 3.8) is 0 Å². The number of amides is 2. The molecular formula is C24H30N3O4+. The maximum atomic E-state index is 12.9. The summed E-state index contributed by atoms with van der Waals surface area (Å²) in [4.78, 5) is 28.3. The summed E-state index contributed by atoms with van der Waals surface area (Å²) in [5, 5.41) is 3.21. The average molecular weight is 425 g/mol. The lowest BCUT2D eigenvalue weighted by Gasteiger charge is -2.30. The summed E-state index contributed by atoms with van der Waals surface area (Å²) in [6.45, 7) is 6.60. The minimum atomic E-state index is -0.126. The van der Waals surface area contributed by atoms with Gasteiger partial charge in [0.25, 0.3) is 5.91 Å². The highest BCUT2D eigenvalue weighted by molar-refractivity contribution is 5.98. The number of aryl methyl sites for hydroxylation is 1. The third-order valence-electron chi connectivity index (χ3n) is 5.88. The topological polar surface area (TPSA) is 72.3 Å². The lowest BCUT2D eigenvalue weighted by Crippen LogP contribution is -3.14. The maximum Gasteiger partial charge on any atom is 0.265 e. The van der Waals surface area contributed by atoms with E-state index < -0.39 is 0 Å². The van der Waals surface area contributed by atoms with Gasteiger partial charge in [0.05, 0.1) is 18.9 Å². The second-order valence-corrected chi connectivity index (χ2v) is 8.15.